The summed E-state index contributed by atoms with van der Waals surface area (Å²) >= 11 is 0. The summed E-state index contributed by atoms with van der Waals surface area (Å²) in [5, 5.41) is 17.8. The van der Waals surface area contributed by atoms with E-state index in [9.17, 15) is 0 Å². The van der Waals surface area contributed by atoms with E-state index >= 15 is 0 Å². The van der Waals surface area contributed by atoms with Gasteiger partial charge in [0.15, 0.2) is 0 Å². The van der Waals surface area contributed by atoms with E-state index in [0.29, 0.717) is 5.47 Å². The van der Waals surface area contributed by atoms with Gasteiger partial charge in [-0.15, -0.1) is 0 Å². The molecule has 2 N–H and O–H groups in total. The fraction of sp³-hybridized carbons (Fsp3) is 0.500. The molecule has 0 saturated carbocycles. The molecule has 11 heavy (non-hydrogen) atoms. The molecule has 0 radical (unpaired) electrons. The van der Waals surface area contributed by atoms with Gasteiger partial charge in [-0.3, -0.25) is 0 Å². The van der Waals surface area contributed by atoms with Gasteiger partial charge in [-0.05, 0) is 25.7 Å². The van der Waals surface area contributed by atoms with Crippen molar-refractivity contribution in [1.29, 1.82) is 0 Å². The van der Waals surface area contributed by atoms with Crippen molar-refractivity contribution in [1.82, 2.24) is 0 Å². The van der Waals surface area contributed by atoms with Crippen LogP contribution >= 0.6 is 0 Å². The molecule has 0 fully saturated rings. The van der Waals surface area contributed by atoms with E-state index in [2.05, 4.69) is 0 Å². The van der Waals surface area contributed by atoms with Gasteiger partial charge in [0.05, 0.1) is 0 Å². The van der Waals surface area contributed by atoms with Crippen molar-refractivity contribution in [3.8, 4) is 0 Å². The maximum absolute atomic E-state index is 8.89. The van der Waals surface area contributed by atoms with Crippen LogP contribution in [-0.4, -0.2) is 17.2 Å². The van der Waals surface area contributed by atoms with Gasteiger partial charge in [0, 0.05) is 0 Å². The Bertz CT molecular complexity index is 171. The molecule has 0 aromatic heterocycles. The molecule has 62 valence electrons. The van der Waals surface area contributed by atoms with Crippen LogP contribution in [0.15, 0.2) is 23.2 Å². The summed E-state index contributed by atoms with van der Waals surface area (Å²) in [7, 11) is -1.34. The first-order valence-corrected chi connectivity index (χ1v) is 3.85. The van der Waals surface area contributed by atoms with Crippen LogP contribution < -0.4 is 0 Å². The Balaban J connectivity index is 4.51. The lowest BCUT2D eigenvalue weighted by Gasteiger charge is -2.07. The summed E-state index contributed by atoms with van der Waals surface area (Å²) in [5.41, 5.74) is 1.59. The Morgan fingerprint density at radius 3 is 1.91 bits per heavy atom. The van der Waals surface area contributed by atoms with Crippen LogP contribution in [0.5, 0.6) is 0 Å². The second-order valence-electron chi connectivity index (χ2n) is 2.29. The highest BCUT2D eigenvalue weighted by Gasteiger charge is 2.15. The summed E-state index contributed by atoms with van der Waals surface area (Å²) < 4.78 is 0. The topological polar surface area (TPSA) is 40.5 Å². The zero-order chi connectivity index (χ0) is 8.85. The van der Waals surface area contributed by atoms with E-state index in [1.54, 1.807) is 13.0 Å². The molecular formula is C8H15BO2. The minimum absolute atomic E-state index is 0.606. The Labute approximate surface area is 68.4 Å². The van der Waals surface area contributed by atoms with E-state index in [1.165, 1.54) is 0 Å². The highest BCUT2D eigenvalue weighted by Crippen LogP contribution is 2.14. The van der Waals surface area contributed by atoms with Gasteiger partial charge in [-0.2, -0.15) is 0 Å². The Kier molecular flexibility index (Phi) is 4.91. The molecule has 0 aromatic rings. The average Bonchev–Trinajstić information content (AvgIpc) is 1.99. The number of rotatable bonds is 3. The fourth-order valence-corrected chi connectivity index (χ4v) is 1.08. The Morgan fingerprint density at radius 1 is 1.27 bits per heavy atom. The van der Waals surface area contributed by atoms with Crippen LogP contribution in [0.1, 0.15) is 27.2 Å². The van der Waals surface area contributed by atoms with Crippen molar-refractivity contribution in [3.63, 3.8) is 0 Å². The molecule has 3 heteroatoms. The molecule has 0 amide bonds. The van der Waals surface area contributed by atoms with Crippen molar-refractivity contribution in [2.75, 3.05) is 0 Å². The van der Waals surface area contributed by atoms with Crippen LogP contribution in [0, 0.1) is 0 Å². The third-order valence-corrected chi connectivity index (χ3v) is 1.69. The molecule has 0 atom stereocenters. The molecule has 0 spiro atoms. The number of hydrogen-bond donors (Lipinski definition) is 2. The molecular weight excluding hydrogens is 139 g/mol. The summed E-state index contributed by atoms with van der Waals surface area (Å²) in [6, 6.07) is 0. The van der Waals surface area contributed by atoms with Gasteiger partial charge in [0.2, 0.25) is 0 Å². The number of allylic oxidation sites excluding steroid dienone is 4. The molecule has 0 aliphatic carbocycles. The molecule has 2 nitrogen and oxygen atoms in total. The lowest BCUT2D eigenvalue weighted by molar-refractivity contribution is 0.419. The van der Waals surface area contributed by atoms with Crippen molar-refractivity contribution >= 4 is 7.12 Å². The summed E-state index contributed by atoms with van der Waals surface area (Å²) in [6.07, 6.45) is 4.45. The van der Waals surface area contributed by atoms with Gasteiger partial charge in [0.1, 0.15) is 0 Å². The van der Waals surface area contributed by atoms with Gasteiger partial charge in [-0.1, -0.05) is 24.6 Å². The summed E-state index contributed by atoms with van der Waals surface area (Å²) in [6.45, 7) is 5.68. The zero-order valence-electron chi connectivity index (χ0n) is 7.33. The van der Waals surface area contributed by atoms with Gasteiger partial charge < -0.3 is 10.0 Å². The van der Waals surface area contributed by atoms with E-state index < -0.39 is 7.12 Å². The quantitative estimate of drug-likeness (QED) is 0.475. The number of hydrogen-bond acceptors (Lipinski definition) is 2. The van der Waals surface area contributed by atoms with E-state index in [0.717, 1.165) is 12.0 Å². The molecule has 0 aliphatic heterocycles. The van der Waals surface area contributed by atoms with Crippen molar-refractivity contribution in [2.24, 2.45) is 0 Å². The van der Waals surface area contributed by atoms with Crippen molar-refractivity contribution < 1.29 is 10.0 Å². The van der Waals surface area contributed by atoms with Gasteiger partial charge in [-0.25, -0.2) is 0 Å². The van der Waals surface area contributed by atoms with Crippen LogP contribution in [0.2, 0.25) is 0 Å². The van der Waals surface area contributed by atoms with Crippen LogP contribution in [-0.2, 0) is 0 Å². The Morgan fingerprint density at radius 2 is 1.82 bits per heavy atom. The minimum atomic E-state index is -1.34. The first kappa shape index (κ1) is 10.5. The maximum atomic E-state index is 8.89. The third-order valence-electron chi connectivity index (χ3n) is 1.69. The minimum Gasteiger partial charge on any atom is -0.423 e. The average molecular weight is 154 g/mol. The molecule has 0 unspecified atom stereocenters. The summed E-state index contributed by atoms with van der Waals surface area (Å²) in [5.74, 6) is 0. The van der Waals surface area contributed by atoms with Gasteiger partial charge in [0.25, 0.3) is 0 Å². The van der Waals surface area contributed by atoms with E-state index in [4.69, 9.17) is 10.0 Å². The molecule has 0 aromatic carbocycles. The normalized spacial score (nSPS) is 13.5. The fourth-order valence-electron chi connectivity index (χ4n) is 1.08. The SMILES string of the molecule is CC=C(CC)C(=CC)B(O)O. The van der Waals surface area contributed by atoms with Crippen LogP contribution in [0.4, 0.5) is 0 Å². The molecule has 0 heterocycles. The highest BCUT2D eigenvalue weighted by molar-refractivity contribution is 6.52. The lowest BCUT2D eigenvalue weighted by Crippen LogP contribution is -2.16. The van der Waals surface area contributed by atoms with E-state index in [-0.39, 0.29) is 0 Å². The smallest absolute Gasteiger partial charge is 0.423 e. The predicted molar refractivity (Wildman–Crippen MR) is 48.0 cm³/mol. The van der Waals surface area contributed by atoms with Crippen molar-refractivity contribution in [3.05, 3.63) is 23.2 Å². The maximum Gasteiger partial charge on any atom is 0.488 e. The first-order valence-electron chi connectivity index (χ1n) is 3.85. The second-order valence-corrected chi connectivity index (χ2v) is 2.29. The predicted octanol–water partition coefficient (Wildman–Crippen LogP) is 1.30. The van der Waals surface area contributed by atoms with E-state index in [1.807, 2.05) is 19.9 Å². The van der Waals surface area contributed by atoms with Crippen LogP contribution in [0.3, 0.4) is 0 Å². The standard InChI is InChI=1S/C8H15BO2/c1-4-7(5-2)8(6-3)9(10)11/h4,6,10-11H,5H2,1-3H3. The first-order chi connectivity index (χ1) is 5.17. The zero-order valence-corrected chi connectivity index (χ0v) is 7.33. The Hall–Kier alpha value is -0.535. The second kappa shape index (κ2) is 5.16. The molecule has 0 saturated heterocycles. The molecule has 0 rings (SSSR count). The highest BCUT2D eigenvalue weighted by atomic mass is 16.4. The van der Waals surface area contributed by atoms with Crippen LogP contribution in [0.25, 0.3) is 0 Å². The lowest BCUT2D eigenvalue weighted by atomic mass is 9.74. The molecule has 0 bridgehead atoms. The molecule has 0 aliphatic rings. The largest absolute Gasteiger partial charge is 0.488 e. The monoisotopic (exact) mass is 154 g/mol. The van der Waals surface area contributed by atoms with Gasteiger partial charge >= 0.3 is 7.12 Å². The third kappa shape index (κ3) is 2.91. The van der Waals surface area contributed by atoms with Crippen molar-refractivity contribution in [2.45, 2.75) is 27.2 Å². The summed E-state index contributed by atoms with van der Waals surface area (Å²) in [4.78, 5) is 0.